The Balaban J connectivity index is 1.70. The van der Waals surface area contributed by atoms with Gasteiger partial charge in [0.05, 0.1) is 12.6 Å². The van der Waals surface area contributed by atoms with Crippen LogP contribution in [0.2, 0.25) is 0 Å². The van der Waals surface area contributed by atoms with Crippen molar-refractivity contribution in [1.29, 1.82) is 0 Å². The monoisotopic (exact) mass is 345 g/mol. The normalized spacial score (nSPS) is 12.2. The summed E-state index contributed by atoms with van der Waals surface area (Å²) in [5.41, 5.74) is 1.77. The van der Waals surface area contributed by atoms with Gasteiger partial charge in [-0.05, 0) is 24.6 Å². The Morgan fingerprint density at radius 1 is 1.15 bits per heavy atom. The van der Waals surface area contributed by atoms with Crippen molar-refractivity contribution in [3.8, 4) is 0 Å². The van der Waals surface area contributed by atoms with Gasteiger partial charge in [-0.3, -0.25) is 4.79 Å². The lowest BCUT2D eigenvalue weighted by Gasteiger charge is -2.28. The summed E-state index contributed by atoms with van der Waals surface area (Å²) in [6.45, 7) is 2.39. The summed E-state index contributed by atoms with van der Waals surface area (Å²) in [4.78, 5) is 22.4. The van der Waals surface area contributed by atoms with Gasteiger partial charge in [0.2, 0.25) is 0 Å². The molecule has 2 aromatic carbocycles. The molecule has 0 fully saturated rings. The van der Waals surface area contributed by atoms with E-state index in [1.54, 1.807) is 23.4 Å². The highest BCUT2D eigenvalue weighted by atomic mass is 16.3. The molecule has 0 saturated heterocycles. The number of rotatable bonds is 5. The van der Waals surface area contributed by atoms with E-state index in [9.17, 15) is 4.79 Å². The zero-order chi connectivity index (χ0) is 17.9. The second-order valence-corrected chi connectivity index (χ2v) is 6.20. The van der Waals surface area contributed by atoms with Crippen molar-refractivity contribution >= 4 is 16.9 Å². The largest absolute Gasteiger partial charge is 0.451 e. The van der Waals surface area contributed by atoms with Gasteiger partial charge >= 0.3 is 0 Å². The van der Waals surface area contributed by atoms with Gasteiger partial charge in [-0.1, -0.05) is 48.5 Å². The van der Waals surface area contributed by atoms with Gasteiger partial charge in [-0.15, -0.1) is 0 Å². The lowest BCUT2D eigenvalue weighted by atomic mass is 10.1. The van der Waals surface area contributed by atoms with Crippen molar-refractivity contribution in [3.05, 3.63) is 90.2 Å². The van der Waals surface area contributed by atoms with Crippen molar-refractivity contribution in [3.63, 3.8) is 0 Å². The first kappa shape index (κ1) is 16.1. The molecule has 5 heteroatoms. The van der Waals surface area contributed by atoms with Crippen LogP contribution in [-0.2, 0) is 6.54 Å². The summed E-state index contributed by atoms with van der Waals surface area (Å²) in [6.07, 6.45) is 3.44. The van der Waals surface area contributed by atoms with Gasteiger partial charge in [0.25, 0.3) is 5.91 Å². The first-order valence-electron chi connectivity index (χ1n) is 8.55. The molecule has 2 aromatic heterocycles. The summed E-state index contributed by atoms with van der Waals surface area (Å²) < 4.78 is 5.79. The van der Waals surface area contributed by atoms with Crippen LogP contribution in [0.25, 0.3) is 11.0 Å². The SMILES string of the molecule is C[C@H](c1ccccc1)N(Cc1ncc[nH]1)C(=O)c1cc2ccccc2o1. The molecule has 130 valence electrons. The summed E-state index contributed by atoms with van der Waals surface area (Å²) in [7, 11) is 0. The number of amides is 1. The smallest absolute Gasteiger partial charge is 0.290 e. The minimum absolute atomic E-state index is 0.123. The Kier molecular flexibility index (Phi) is 4.27. The fourth-order valence-corrected chi connectivity index (χ4v) is 3.07. The van der Waals surface area contributed by atoms with Crippen LogP contribution in [-0.4, -0.2) is 20.8 Å². The lowest BCUT2D eigenvalue weighted by Crippen LogP contribution is -2.33. The summed E-state index contributed by atoms with van der Waals surface area (Å²) in [5.74, 6) is 0.909. The first-order valence-corrected chi connectivity index (χ1v) is 8.55. The van der Waals surface area contributed by atoms with Crippen molar-refractivity contribution < 1.29 is 9.21 Å². The number of benzene rings is 2. The minimum atomic E-state index is -0.158. The second-order valence-electron chi connectivity index (χ2n) is 6.20. The number of imidazole rings is 1. The predicted molar refractivity (Wildman–Crippen MR) is 99.5 cm³/mol. The quantitative estimate of drug-likeness (QED) is 0.577. The Bertz CT molecular complexity index is 973. The number of carbonyl (C=O) groups is 1. The van der Waals surface area contributed by atoms with Crippen LogP contribution in [0.4, 0.5) is 0 Å². The van der Waals surface area contributed by atoms with Crippen molar-refractivity contribution in [2.75, 3.05) is 0 Å². The van der Waals surface area contributed by atoms with Crippen molar-refractivity contribution in [2.24, 2.45) is 0 Å². The molecule has 0 saturated carbocycles. The van der Waals surface area contributed by atoms with Gasteiger partial charge in [0.15, 0.2) is 5.76 Å². The van der Waals surface area contributed by atoms with E-state index < -0.39 is 0 Å². The number of aromatic amines is 1. The van der Waals surface area contributed by atoms with Gasteiger partial charge < -0.3 is 14.3 Å². The van der Waals surface area contributed by atoms with Gasteiger partial charge in [-0.25, -0.2) is 4.98 Å². The Labute approximate surface area is 151 Å². The van der Waals surface area contributed by atoms with Crippen LogP contribution >= 0.6 is 0 Å². The topological polar surface area (TPSA) is 62.1 Å². The molecule has 0 radical (unpaired) electrons. The number of nitrogens with zero attached hydrogens (tertiary/aromatic N) is 2. The molecule has 2 heterocycles. The molecule has 1 amide bonds. The van der Waals surface area contributed by atoms with E-state index in [1.807, 2.05) is 61.5 Å². The van der Waals surface area contributed by atoms with E-state index in [0.717, 1.165) is 16.8 Å². The maximum Gasteiger partial charge on any atom is 0.290 e. The van der Waals surface area contributed by atoms with E-state index in [0.29, 0.717) is 17.9 Å². The Morgan fingerprint density at radius 2 is 1.92 bits per heavy atom. The average molecular weight is 345 g/mol. The third-order valence-electron chi connectivity index (χ3n) is 4.52. The van der Waals surface area contributed by atoms with Crippen LogP contribution in [0.3, 0.4) is 0 Å². The first-order chi connectivity index (χ1) is 12.7. The number of nitrogens with one attached hydrogen (secondary N) is 1. The molecule has 26 heavy (non-hydrogen) atoms. The van der Waals surface area contributed by atoms with Crippen LogP contribution in [0.5, 0.6) is 0 Å². The van der Waals surface area contributed by atoms with Gasteiger partial charge in [0.1, 0.15) is 11.4 Å². The molecular formula is C21H19N3O2. The number of fused-ring (bicyclic) bond motifs is 1. The maximum absolute atomic E-state index is 13.2. The fraction of sp³-hybridized carbons (Fsp3) is 0.143. The van der Waals surface area contributed by atoms with E-state index in [2.05, 4.69) is 9.97 Å². The number of para-hydroxylation sites is 1. The lowest BCUT2D eigenvalue weighted by molar-refractivity contribution is 0.0638. The van der Waals surface area contributed by atoms with Crippen LogP contribution in [0.15, 0.2) is 77.5 Å². The molecule has 0 aliphatic heterocycles. The molecule has 5 nitrogen and oxygen atoms in total. The van der Waals surface area contributed by atoms with E-state index in [1.165, 1.54) is 0 Å². The zero-order valence-corrected chi connectivity index (χ0v) is 14.4. The number of aromatic nitrogens is 2. The van der Waals surface area contributed by atoms with E-state index in [-0.39, 0.29) is 11.9 Å². The standard InChI is InChI=1S/C21H19N3O2/c1-15(16-7-3-2-4-8-16)24(14-20-22-11-12-23-20)21(25)19-13-17-9-5-6-10-18(17)26-19/h2-13,15H,14H2,1H3,(H,22,23)/t15-/m1/s1. The molecular weight excluding hydrogens is 326 g/mol. The molecule has 0 aliphatic rings. The minimum Gasteiger partial charge on any atom is -0.451 e. The zero-order valence-electron chi connectivity index (χ0n) is 14.4. The Hall–Kier alpha value is -3.34. The average Bonchev–Trinajstić information content (AvgIpc) is 3.35. The highest BCUT2D eigenvalue weighted by Gasteiger charge is 2.26. The third-order valence-corrected chi connectivity index (χ3v) is 4.52. The number of furan rings is 1. The van der Waals surface area contributed by atoms with E-state index >= 15 is 0 Å². The molecule has 1 atom stereocenters. The highest BCUT2D eigenvalue weighted by molar-refractivity contribution is 5.96. The molecule has 4 rings (SSSR count). The third kappa shape index (κ3) is 3.11. The van der Waals surface area contributed by atoms with Gasteiger partial charge in [-0.2, -0.15) is 0 Å². The summed E-state index contributed by atoms with van der Waals surface area (Å²) >= 11 is 0. The summed E-state index contributed by atoms with van der Waals surface area (Å²) in [5, 5.41) is 0.918. The molecule has 0 bridgehead atoms. The van der Waals surface area contributed by atoms with Gasteiger partial charge in [0, 0.05) is 17.8 Å². The number of H-pyrrole nitrogens is 1. The molecule has 0 unspecified atom stereocenters. The molecule has 0 spiro atoms. The fourth-order valence-electron chi connectivity index (χ4n) is 3.07. The van der Waals surface area contributed by atoms with Crippen LogP contribution in [0, 0.1) is 0 Å². The van der Waals surface area contributed by atoms with Crippen LogP contribution in [0.1, 0.15) is 34.9 Å². The maximum atomic E-state index is 13.2. The number of carbonyl (C=O) groups excluding carboxylic acids is 1. The summed E-state index contributed by atoms with van der Waals surface area (Å²) in [6, 6.07) is 19.3. The molecule has 0 aliphatic carbocycles. The molecule has 1 N–H and O–H groups in total. The second kappa shape index (κ2) is 6.88. The van der Waals surface area contributed by atoms with Crippen molar-refractivity contribution in [2.45, 2.75) is 19.5 Å². The predicted octanol–water partition coefficient (Wildman–Crippen LogP) is 4.56. The van der Waals surface area contributed by atoms with Crippen molar-refractivity contribution in [1.82, 2.24) is 14.9 Å². The highest BCUT2D eigenvalue weighted by Crippen LogP contribution is 2.26. The number of hydrogen-bond donors (Lipinski definition) is 1. The van der Waals surface area contributed by atoms with Crippen LogP contribution < -0.4 is 0 Å². The van der Waals surface area contributed by atoms with E-state index in [4.69, 9.17) is 4.42 Å². The number of hydrogen-bond acceptors (Lipinski definition) is 3. The Morgan fingerprint density at radius 3 is 2.65 bits per heavy atom. The molecule has 4 aromatic rings.